The Morgan fingerprint density at radius 2 is 1.86 bits per heavy atom. The fourth-order valence-electron chi connectivity index (χ4n) is 1.40. The number of aliphatic carboxylic acids is 1. The molecule has 76 valence electrons. The van der Waals surface area contributed by atoms with Crippen molar-refractivity contribution in [1.82, 2.24) is 0 Å². The summed E-state index contributed by atoms with van der Waals surface area (Å²) in [5.74, 6) is -0.760. The van der Waals surface area contributed by atoms with Gasteiger partial charge in [-0.1, -0.05) is 36.8 Å². The fourth-order valence-corrected chi connectivity index (χ4v) is 1.40. The van der Waals surface area contributed by atoms with Crippen molar-refractivity contribution in [2.45, 2.75) is 32.6 Å². The van der Waals surface area contributed by atoms with Crippen LogP contribution in [0.4, 0.5) is 0 Å². The van der Waals surface area contributed by atoms with Crippen molar-refractivity contribution < 1.29 is 9.90 Å². The molecule has 0 aliphatic heterocycles. The summed E-state index contributed by atoms with van der Waals surface area (Å²) in [5.41, 5.74) is 1.27. The van der Waals surface area contributed by atoms with Gasteiger partial charge >= 0.3 is 5.97 Å². The number of hydrogen-bond donors (Lipinski definition) is 1. The molecule has 0 bridgehead atoms. The second-order valence-electron chi connectivity index (χ2n) is 3.86. The quantitative estimate of drug-likeness (QED) is 0.799. The van der Waals surface area contributed by atoms with Crippen molar-refractivity contribution in [3.63, 3.8) is 0 Å². The molecule has 0 spiro atoms. The first-order valence-corrected chi connectivity index (χ1v) is 4.81. The molecule has 0 aliphatic rings. The van der Waals surface area contributed by atoms with E-state index >= 15 is 0 Å². The van der Waals surface area contributed by atoms with Gasteiger partial charge in [-0.3, -0.25) is 4.79 Å². The molecule has 1 aromatic rings. The third kappa shape index (κ3) is 1.79. The number of carboxylic acid groups (broad SMARTS) is 1. The van der Waals surface area contributed by atoms with E-state index in [1.165, 1.54) is 0 Å². The van der Waals surface area contributed by atoms with E-state index in [1.807, 2.05) is 38.1 Å². The van der Waals surface area contributed by atoms with E-state index in [4.69, 9.17) is 5.11 Å². The smallest absolute Gasteiger partial charge is 0.313 e. The molecule has 0 saturated carbocycles. The highest BCUT2D eigenvalue weighted by Crippen LogP contribution is 2.27. The molecule has 1 N–H and O–H groups in total. The molecule has 14 heavy (non-hydrogen) atoms. The molecule has 2 nitrogen and oxygen atoms in total. The van der Waals surface area contributed by atoms with Gasteiger partial charge in [0, 0.05) is 0 Å². The Labute approximate surface area is 84.6 Å². The molecule has 1 aromatic carbocycles. The van der Waals surface area contributed by atoms with Crippen LogP contribution in [0.15, 0.2) is 24.3 Å². The Morgan fingerprint density at radius 3 is 2.21 bits per heavy atom. The monoisotopic (exact) mass is 192 g/mol. The maximum Gasteiger partial charge on any atom is 0.313 e. The van der Waals surface area contributed by atoms with Gasteiger partial charge in [0.1, 0.15) is 0 Å². The zero-order valence-electron chi connectivity index (χ0n) is 8.87. The molecule has 0 unspecified atom stereocenters. The lowest BCUT2D eigenvalue weighted by Crippen LogP contribution is -2.31. The second kappa shape index (κ2) is 3.82. The van der Waals surface area contributed by atoms with E-state index in [0.29, 0.717) is 6.42 Å². The van der Waals surface area contributed by atoms with Crippen LogP contribution in [-0.2, 0) is 10.2 Å². The minimum Gasteiger partial charge on any atom is -0.481 e. The number of rotatable bonds is 3. The summed E-state index contributed by atoms with van der Waals surface area (Å²) in [7, 11) is 0. The summed E-state index contributed by atoms with van der Waals surface area (Å²) in [6.45, 7) is 5.65. The molecule has 0 aromatic heterocycles. The van der Waals surface area contributed by atoms with Crippen LogP contribution in [0.1, 0.15) is 31.4 Å². The maximum atomic E-state index is 11.1. The number of aryl methyl sites for hydroxylation is 1. The summed E-state index contributed by atoms with van der Waals surface area (Å²) in [6, 6.07) is 7.69. The zero-order valence-corrected chi connectivity index (χ0v) is 8.87. The molecule has 1 atom stereocenters. The number of benzene rings is 1. The summed E-state index contributed by atoms with van der Waals surface area (Å²) < 4.78 is 0. The standard InChI is InChI=1S/C12H16O2/c1-4-12(3,11(13)14)10-7-5-9(2)6-8-10/h5-8H,4H2,1-3H3,(H,13,14)/t12-/m0/s1. The minimum absolute atomic E-state index is 0.603. The van der Waals surface area contributed by atoms with Crippen molar-refractivity contribution in [1.29, 1.82) is 0 Å². The normalized spacial score (nSPS) is 14.8. The molecule has 0 heterocycles. The van der Waals surface area contributed by atoms with Crippen LogP contribution in [-0.4, -0.2) is 11.1 Å². The predicted molar refractivity (Wildman–Crippen MR) is 56.5 cm³/mol. The van der Waals surface area contributed by atoms with Crippen LogP contribution in [0.25, 0.3) is 0 Å². The van der Waals surface area contributed by atoms with Crippen LogP contribution < -0.4 is 0 Å². The molecule has 0 fully saturated rings. The topological polar surface area (TPSA) is 37.3 Å². The van der Waals surface area contributed by atoms with Gasteiger partial charge in [0.25, 0.3) is 0 Å². The van der Waals surface area contributed by atoms with Gasteiger partial charge < -0.3 is 5.11 Å². The second-order valence-corrected chi connectivity index (χ2v) is 3.86. The fraction of sp³-hybridized carbons (Fsp3) is 0.417. The van der Waals surface area contributed by atoms with E-state index in [-0.39, 0.29) is 0 Å². The highest BCUT2D eigenvalue weighted by molar-refractivity contribution is 5.80. The van der Waals surface area contributed by atoms with Gasteiger partial charge in [0.15, 0.2) is 0 Å². The van der Waals surface area contributed by atoms with Gasteiger partial charge in [-0.25, -0.2) is 0 Å². The SMILES string of the molecule is CC[C@](C)(C(=O)O)c1ccc(C)cc1. The van der Waals surface area contributed by atoms with E-state index in [1.54, 1.807) is 6.92 Å². The molecule has 1 rings (SSSR count). The van der Waals surface area contributed by atoms with Crippen LogP contribution in [0.2, 0.25) is 0 Å². The Bertz CT molecular complexity index is 327. The first-order chi connectivity index (χ1) is 6.50. The Balaban J connectivity index is 3.13. The van der Waals surface area contributed by atoms with E-state index in [2.05, 4.69) is 0 Å². The summed E-state index contributed by atoms with van der Waals surface area (Å²) in [5, 5.41) is 9.16. The first kappa shape index (κ1) is 10.8. The highest BCUT2D eigenvalue weighted by Gasteiger charge is 2.32. The van der Waals surface area contributed by atoms with Crippen molar-refractivity contribution in [3.8, 4) is 0 Å². The molecule has 2 heteroatoms. The Kier molecular flexibility index (Phi) is 2.94. The minimum atomic E-state index is -0.760. The lowest BCUT2D eigenvalue weighted by atomic mass is 9.80. The van der Waals surface area contributed by atoms with Crippen molar-refractivity contribution in [2.24, 2.45) is 0 Å². The Morgan fingerprint density at radius 1 is 1.36 bits per heavy atom. The van der Waals surface area contributed by atoms with Crippen LogP contribution in [0.5, 0.6) is 0 Å². The van der Waals surface area contributed by atoms with E-state index < -0.39 is 11.4 Å². The summed E-state index contributed by atoms with van der Waals surface area (Å²) >= 11 is 0. The maximum absolute atomic E-state index is 11.1. The largest absolute Gasteiger partial charge is 0.481 e. The van der Waals surface area contributed by atoms with Crippen LogP contribution in [0.3, 0.4) is 0 Å². The first-order valence-electron chi connectivity index (χ1n) is 4.81. The number of hydrogen-bond acceptors (Lipinski definition) is 1. The Hall–Kier alpha value is -1.31. The molecule has 0 radical (unpaired) electrons. The molecular formula is C12H16O2. The lowest BCUT2D eigenvalue weighted by molar-refractivity contribution is -0.143. The van der Waals surface area contributed by atoms with Crippen molar-refractivity contribution in [3.05, 3.63) is 35.4 Å². The molecule has 0 saturated heterocycles. The number of carbonyl (C=O) groups is 1. The zero-order chi connectivity index (χ0) is 10.8. The van der Waals surface area contributed by atoms with E-state index in [0.717, 1.165) is 11.1 Å². The average molecular weight is 192 g/mol. The molecule has 0 amide bonds. The summed E-state index contributed by atoms with van der Waals surface area (Å²) in [6.07, 6.45) is 0.603. The van der Waals surface area contributed by atoms with E-state index in [9.17, 15) is 4.79 Å². The average Bonchev–Trinajstić information content (AvgIpc) is 2.17. The predicted octanol–water partition coefficient (Wildman–Crippen LogP) is 2.75. The van der Waals surface area contributed by atoms with Crippen LogP contribution >= 0.6 is 0 Å². The molecular weight excluding hydrogens is 176 g/mol. The third-order valence-corrected chi connectivity index (χ3v) is 2.87. The highest BCUT2D eigenvalue weighted by atomic mass is 16.4. The summed E-state index contributed by atoms with van der Waals surface area (Å²) in [4.78, 5) is 11.1. The van der Waals surface area contributed by atoms with Gasteiger partial charge in [-0.05, 0) is 25.8 Å². The molecule has 0 aliphatic carbocycles. The van der Waals surface area contributed by atoms with Crippen molar-refractivity contribution in [2.75, 3.05) is 0 Å². The van der Waals surface area contributed by atoms with Gasteiger partial charge in [-0.2, -0.15) is 0 Å². The van der Waals surface area contributed by atoms with Crippen molar-refractivity contribution >= 4 is 5.97 Å². The third-order valence-electron chi connectivity index (χ3n) is 2.87. The van der Waals surface area contributed by atoms with Gasteiger partial charge in [0.05, 0.1) is 5.41 Å². The van der Waals surface area contributed by atoms with Crippen LogP contribution in [0, 0.1) is 6.92 Å². The van der Waals surface area contributed by atoms with Gasteiger partial charge in [-0.15, -0.1) is 0 Å². The number of carboxylic acids is 1. The van der Waals surface area contributed by atoms with Gasteiger partial charge in [0.2, 0.25) is 0 Å². The lowest BCUT2D eigenvalue weighted by Gasteiger charge is -2.23.